The van der Waals surface area contributed by atoms with Gasteiger partial charge in [0.1, 0.15) is 11.6 Å². The van der Waals surface area contributed by atoms with Crippen LogP contribution in [0.25, 0.3) is 33.2 Å². The summed E-state index contributed by atoms with van der Waals surface area (Å²) in [6.45, 7) is 2.08. The van der Waals surface area contributed by atoms with E-state index in [-0.39, 0.29) is 0 Å². The minimum Gasteiger partial charge on any atom is -0.340 e. The van der Waals surface area contributed by atoms with Crippen LogP contribution in [0.2, 0.25) is 0 Å². The second kappa shape index (κ2) is 8.88. The van der Waals surface area contributed by atoms with Crippen molar-refractivity contribution >= 4 is 44.8 Å². The predicted octanol–water partition coefficient (Wildman–Crippen LogP) is 7.64. The Hall–Kier alpha value is -4.77. The number of para-hydroxylation sites is 4. The van der Waals surface area contributed by atoms with Crippen LogP contribution in [0.15, 0.2) is 109 Å². The SMILES string of the molecule is Cc1cccc2cc(-c3nc(Nc4ccccc4)c4ccccc4n3)c(Nc3ccccc3)nc12. The number of aryl methyl sites for hydroxylation is 1. The lowest BCUT2D eigenvalue weighted by molar-refractivity contribution is 1.21. The number of fused-ring (bicyclic) bond motifs is 2. The summed E-state index contributed by atoms with van der Waals surface area (Å²) in [7, 11) is 0. The topological polar surface area (TPSA) is 62.7 Å². The van der Waals surface area contributed by atoms with Crippen molar-refractivity contribution in [3.63, 3.8) is 0 Å². The highest BCUT2D eigenvalue weighted by molar-refractivity contribution is 5.95. The molecule has 5 heteroatoms. The number of hydrogen-bond acceptors (Lipinski definition) is 5. The maximum absolute atomic E-state index is 5.03. The number of aromatic nitrogens is 3. The zero-order valence-corrected chi connectivity index (χ0v) is 19.2. The minimum atomic E-state index is 0.608. The Bertz CT molecular complexity index is 1650. The largest absolute Gasteiger partial charge is 0.340 e. The number of hydrogen-bond donors (Lipinski definition) is 2. The van der Waals surface area contributed by atoms with Gasteiger partial charge < -0.3 is 10.6 Å². The van der Waals surface area contributed by atoms with Crippen LogP contribution in [0, 0.1) is 6.92 Å². The highest BCUT2D eigenvalue weighted by Crippen LogP contribution is 2.34. The van der Waals surface area contributed by atoms with Crippen molar-refractivity contribution in [2.45, 2.75) is 6.92 Å². The Morgan fingerprint density at radius 1 is 0.571 bits per heavy atom. The van der Waals surface area contributed by atoms with E-state index in [4.69, 9.17) is 15.0 Å². The van der Waals surface area contributed by atoms with Gasteiger partial charge in [-0.2, -0.15) is 0 Å². The van der Waals surface area contributed by atoms with Crippen molar-refractivity contribution in [2.24, 2.45) is 0 Å². The first-order valence-corrected chi connectivity index (χ1v) is 11.6. The molecule has 0 unspecified atom stereocenters. The molecule has 2 N–H and O–H groups in total. The fourth-order valence-electron chi connectivity index (χ4n) is 4.22. The molecule has 0 saturated heterocycles. The van der Waals surface area contributed by atoms with Crippen LogP contribution < -0.4 is 10.6 Å². The first-order chi connectivity index (χ1) is 17.2. The van der Waals surface area contributed by atoms with Crippen molar-refractivity contribution in [3.8, 4) is 11.4 Å². The first-order valence-electron chi connectivity index (χ1n) is 11.6. The maximum atomic E-state index is 5.03. The van der Waals surface area contributed by atoms with Crippen LogP contribution in [0.3, 0.4) is 0 Å². The second-order valence-electron chi connectivity index (χ2n) is 8.43. The first kappa shape index (κ1) is 20.8. The summed E-state index contributed by atoms with van der Waals surface area (Å²) in [5.41, 5.74) is 5.71. The Kier molecular flexibility index (Phi) is 5.28. The number of nitrogens with zero attached hydrogens (tertiary/aromatic N) is 3. The lowest BCUT2D eigenvalue weighted by Crippen LogP contribution is -2.03. The summed E-state index contributed by atoms with van der Waals surface area (Å²) in [6, 6.07) is 36.5. The molecule has 0 aliphatic rings. The highest BCUT2D eigenvalue weighted by Gasteiger charge is 2.16. The van der Waals surface area contributed by atoms with E-state index in [1.165, 1.54) is 0 Å². The van der Waals surface area contributed by atoms with Gasteiger partial charge in [-0.15, -0.1) is 0 Å². The summed E-state index contributed by atoms with van der Waals surface area (Å²) in [6.07, 6.45) is 0. The summed E-state index contributed by atoms with van der Waals surface area (Å²) in [5.74, 6) is 2.09. The van der Waals surface area contributed by atoms with E-state index in [0.717, 1.165) is 55.9 Å². The van der Waals surface area contributed by atoms with Gasteiger partial charge in [0.25, 0.3) is 0 Å². The van der Waals surface area contributed by atoms with E-state index >= 15 is 0 Å². The molecule has 5 nitrogen and oxygen atoms in total. The Morgan fingerprint density at radius 3 is 1.97 bits per heavy atom. The smallest absolute Gasteiger partial charge is 0.165 e. The van der Waals surface area contributed by atoms with E-state index in [2.05, 4.69) is 41.8 Å². The van der Waals surface area contributed by atoms with Gasteiger partial charge in [-0.25, -0.2) is 15.0 Å². The molecule has 0 atom stereocenters. The van der Waals surface area contributed by atoms with E-state index < -0.39 is 0 Å². The van der Waals surface area contributed by atoms with Gasteiger partial charge in [0.2, 0.25) is 0 Å². The van der Waals surface area contributed by atoms with E-state index in [0.29, 0.717) is 5.82 Å². The average Bonchev–Trinajstić information content (AvgIpc) is 2.90. The number of anilines is 4. The van der Waals surface area contributed by atoms with Gasteiger partial charge in [-0.05, 0) is 55.0 Å². The van der Waals surface area contributed by atoms with E-state index in [1.807, 2.05) is 84.9 Å². The van der Waals surface area contributed by atoms with Gasteiger partial charge in [0.15, 0.2) is 5.82 Å². The molecule has 0 spiro atoms. The molecule has 0 aliphatic carbocycles. The summed E-state index contributed by atoms with van der Waals surface area (Å²) in [4.78, 5) is 15.0. The van der Waals surface area contributed by atoms with Crippen molar-refractivity contribution in [1.82, 2.24) is 15.0 Å². The Labute approximate surface area is 203 Å². The zero-order valence-electron chi connectivity index (χ0n) is 19.2. The summed E-state index contributed by atoms with van der Waals surface area (Å²) in [5, 5.41) is 8.99. The maximum Gasteiger partial charge on any atom is 0.165 e. The third-order valence-electron chi connectivity index (χ3n) is 5.96. The molecule has 0 aliphatic heterocycles. The molecule has 4 aromatic carbocycles. The fraction of sp³-hybridized carbons (Fsp3) is 0.0333. The van der Waals surface area contributed by atoms with Gasteiger partial charge in [-0.1, -0.05) is 66.7 Å². The van der Waals surface area contributed by atoms with E-state index in [9.17, 15) is 0 Å². The third kappa shape index (κ3) is 4.15. The van der Waals surface area contributed by atoms with Crippen LogP contribution >= 0.6 is 0 Å². The van der Waals surface area contributed by atoms with Gasteiger partial charge in [0.05, 0.1) is 16.6 Å². The standard InChI is InChI=1S/C30H23N5/c1-20-11-10-12-21-19-25(29(34-27(20)21)32-23-15-6-3-7-16-23)30-33-26-18-9-8-17-24(26)28(35-30)31-22-13-4-2-5-14-22/h2-19H,1H3,(H,32,34)(H,31,33,35). The van der Waals surface area contributed by atoms with Gasteiger partial charge in [-0.3, -0.25) is 0 Å². The lowest BCUT2D eigenvalue weighted by atomic mass is 10.1. The molecule has 2 aromatic heterocycles. The highest BCUT2D eigenvalue weighted by atomic mass is 15.1. The van der Waals surface area contributed by atoms with Crippen LogP contribution in [0.5, 0.6) is 0 Å². The van der Waals surface area contributed by atoms with Crippen molar-refractivity contribution in [1.29, 1.82) is 0 Å². The predicted molar refractivity (Wildman–Crippen MR) is 144 cm³/mol. The minimum absolute atomic E-state index is 0.608. The Morgan fingerprint density at radius 2 is 1.23 bits per heavy atom. The van der Waals surface area contributed by atoms with E-state index in [1.54, 1.807) is 0 Å². The number of nitrogens with one attached hydrogen (secondary N) is 2. The average molecular weight is 454 g/mol. The molecular formula is C30H23N5. The van der Waals surface area contributed by atoms with Crippen molar-refractivity contribution in [3.05, 3.63) is 115 Å². The van der Waals surface area contributed by atoms with Crippen molar-refractivity contribution in [2.75, 3.05) is 10.6 Å². The normalized spacial score (nSPS) is 11.0. The monoisotopic (exact) mass is 453 g/mol. The molecule has 0 saturated carbocycles. The van der Waals surface area contributed by atoms with Crippen molar-refractivity contribution < 1.29 is 0 Å². The molecule has 6 aromatic rings. The lowest BCUT2D eigenvalue weighted by Gasteiger charge is -2.15. The van der Waals surface area contributed by atoms with Crippen LogP contribution in [-0.4, -0.2) is 15.0 Å². The van der Waals surface area contributed by atoms with Crippen LogP contribution in [-0.2, 0) is 0 Å². The summed E-state index contributed by atoms with van der Waals surface area (Å²) >= 11 is 0. The third-order valence-corrected chi connectivity index (χ3v) is 5.96. The number of benzene rings is 4. The van der Waals surface area contributed by atoms with Crippen LogP contribution in [0.4, 0.5) is 23.0 Å². The quantitative estimate of drug-likeness (QED) is 0.281. The Balaban J connectivity index is 1.57. The molecule has 168 valence electrons. The molecule has 0 bridgehead atoms. The number of rotatable bonds is 5. The molecule has 0 fully saturated rings. The molecule has 6 rings (SSSR count). The van der Waals surface area contributed by atoms with Crippen LogP contribution in [0.1, 0.15) is 5.56 Å². The molecular weight excluding hydrogens is 430 g/mol. The molecule has 35 heavy (non-hydrogen) atoms. The zero-order chi connectivity index (χ0) is 23.6. The van der Waals surface area contributed by atoms with Gasteiger partial charge in [0, 0.05) is 22.1 Å². The molecule has 0 amide bonds. The molecule has 2 heterocycles. The van der Waals surface area contributed by atoms with Gasteiger partial charge >= 0.3 is 0 Å². The molecule has 0 radical (unpaired) electrons. The second-order valence-corrected chi connectivity index (χ2v) is 8.43. The summed E-state index contributed by atoms with van der Waals surface area (Å²) < 4.78 is 0. The number of pyridine rings is 1. The fourth-order valence-corrected chi connectivity index (χ4v) is 4.22.